The molecular formula is C5H8O6S. The number of hydrogen-bond acceptors (Lipinski definition) is 4. The number of carbonyl (C=O) groups excluding carboxylic acids is 1. The number of aliphatic carboxylic acids is 1. The molecule has 0 fully saturated rings. The SMILES string of the molecule is CC(=O)C(CS(=O)(=O)O)C(=O)O. The lowest BCUT2D eigenvalue weighted by atomic mass is 10.1. The van der Waals surface area contributed by atoms with Gasteiger partial charge in [-0.15, -0.1) is 0 Å². The average Bonchev–Trinajstić information content (AvgIpc) is 1.79. The number of ketones is 1. The zero-order valence-electron chi connectivity index (χ0n) is 6.22. The summed E-state index contributed by atoms with van der Waals surface area (Å²) < 4.78 is 28.6. The first kappa shape index (κ1) is 11.1. The highest BCUT2D eigenvalue weighted by atomic mass is 32.2. The highest BCUT2D eigenvalue weighted by molar-refractivity contribution is 7.85. The molecule has 0 aromatic rings. The molecule has 0 amide bonds. The van der Waals surface area contributed by atoms with Crippen LogP contribution in [-0.2, 0) is 19.7 Å². The van der Waals surface area contributed by atoms with Crippen molar-refractivity contribution in [1.82, 2.24) is 0 Å². The Hall–Kier alpha value is -0.950. The summed E-state index contributed by atoms with van der Waals surface area (Å²) in [6, 6.07) is 0. The van der Waals surface area contributed by atoms with Crippen molar-refractivity contribution >= 4 is 21.9 Å². The molecule has 7 heteroatoms. The van der Waals surface area contributed by atoms with E-state index >= 15 is 0 Å². The van der Waals surface area contributed by atoms with Gasteiger partial charge in [0.2, 0.25) is 0 Å². The summed E-state index contributed by atoms with van der Waals surface area (Å²) in [5.74, 6) is -5.11. The van der Waals surface area contributed by atoms with Crippen LogP contribution in [0.25, 0.3) is 0 Å². The van der Waals surface area contributed by atoms with Gasteiger partial charge in [0.05, 0.1) is 5.75 Å². The molecule has 0 saturated heterocycles. The Morgan fingerprint density at radius 3 is 1.92 bits per heavy atom. The second kappa shape index (κ2) is 3.63. The maximum Gasteiger partial charge on any atom is 0.315 e. The number of hydrogen-bond donors (Lipinski definition) is 2. The lowest BCUT2D eigenvalue weighted by Gasteiger charge is -2.04. The van der Waals surface area contributed by atoms with Crippen molar-refractivity contribution in [1.29, 1.82) is 0 Å². The van der Waals surface area contributed by atoms with Crippen LogP contribution in [0.1, 0.15) is 6.92 Å². The first-order chi connectivity index (χ1) is 5.24. The first-order valence-electron chi connectivity index (χ1n) is 2.92. The minimum absolute atomic E-state index is 0.805. The summed E-state index contributed by atoms with van der Waals surface area (Å²) in [7, 11) is -4.42. The summed E-state index contributed by atoms with van der Waals surface area (Å²) in [6.07, 6.45) is 0. The molecule has 6 nitrogen and oxygen atoms in total. The van der Waals surface area contributed by atoms with Gasteiger partial charge in [0.15, 0.2) is 0 Å². The van der Waals surface area contributed by atoms with Crippen molar-refractivity contribution in [3.05, 3.63) is 0 Å². The van der Waals surface area contributed by atoms with E-state index in [4.69, 9.17) is 9.66 Å². The molecule has 0 aliphatic carbocycles. The summed E-state index contributed by atoms with van der Waals surface area (Å²) in [4.78, 5) is 20.7. The van der Waals surface area contributed by atoms with E-state index in [9.17, 15) is 18.0 Å². The summed E-state index contributed by atoms with van der Waals surface area (Å²) >= 11 is 0. The van der Waals surface area contributed by atoms with Gasteiger partial charge < -0.3 is 5.11 Å². The van der Waals surface area contributed by atoms with Crippen LogP contribution in [0.3, 0.4) is 0 Å². The molecule has 0 aliphatic heterocycles. The van der Waals surface area contributed by atoms with Crippen LogP contribution in [0.5, 0.6) is 0 Å². The van der Waals surface area contributed by atoms with Crippen molar-refractivity contribution in [3.8, 4) is 0 Å². The monoisotopic (exact) mass is 196 g/mol. The van der Waals surface area contributed by atoms with Crippen LogP contribution in [0, 0.1) is 5.92 Å². The van der Waals surface area contributed by atoms with Crippen molar-refractivity contribution in [2.75, 3.05) is 5.75 Å². The molecule has 0 saturated carbocycles. The number of Topliss-reactive ketones (excluding diaryl/α,β-unsaturated/α-hetero) is 1. The van der Waals surface area contributed by atoms with Gasteiger partial charge in [-0.2, -0.15) is 8.42 Å². The molecule has 70 valence electrons. The van der Waals surface area contributed by atoms with Crippen LogP contribution in [0.15, 0.2) is 0 Å². The molecule has 1 unspecified atom stereocenters. The zero-order chi connectivity index (χ0) is 9.94. The third-order valence-corrected chi connectivity index (χ3v) is 1.92. The Morgan fingerprint density at radius 2 is 1.83 bits per heavy atom. The topological polar surface area (TPSA) is 109 Å². The van der Waals surface area contributed by atoms with Crippen LogP contribution >= 0.6 is 0 Å². The summed E-state index contributed by atoms with van der Waals surface area (Å²) in [5, 5.41) is 8.31. The Morgan fingerprint density at radius 1 is 1.42 bits per heavy atom. The quantitative estimate of drug-likeness (QED) is 0.448. The van der Waals surface area contributed by atoms with Gasteiger partial charge in [0.1, 0.15) is 11.7 Å². The van der Waals surface area contributed by atoms with Crippen LogP contribution in [-0.4, -0.2) is 35.6 Å². The molecule has 0 bridgehead atoms. The largest absolute Gasteiger partial charge is 0.481 e. The highest BCUT2D eigenvalue weighted by Gasteiger charge is 2.27. The van der Waals surface area contributed by atoms with Gasteiger partial charge >= 0.3 is 5.97 Å². The molecule has 1 atom stereocenters. The molecule has 0 rings (SSSR count). The van der Waals surface area contributed by atoms with E-state index in [0.717, 1.165) is 6.92 Å². The molecular weight excluding hydrogens is 188 g/mol. The second-order valence-electron chi connectivity index (χ2n) is 2.25. The molecule has 0 aliphatic rings. The maximum absolute atomic E-state index is 10.5. The van der Waals surface area contributed by atoms with E-state index in [1.807, 2.05) is 0 Å². The zero-order valence-corrected chi connectivity index (χ0v) is 7.04. The van der Waals surface area contributed by atoms with Gasteiger partial charge in [-0.05, 0) is 6.92 Å². The summed E-state index contributed by atoms with van der Waals surface area (Å²) in [5.41, 5.74) is 0. The van der Waals surface area contributed by atoms with Gasteiger partial charge in [-0.1, -0.05) is 0 Å². The van der Waals surface area contributed by atoms with Gasteiger partial charge in [-0.25, -0.2) is 0 Å². The lowest BCUT2D eigenvalue weighted by Crippen LogP contribution is -2.29. The van der Waals surface area contributed by atoms with E-state index in [0.29, 0.717) is 0 Å². The van der Waals surface area contributed by atoms with Crippen LogP contribution in [0.4, 0.5) is 0 Å². The third kappa shape index (κ3) is 4.04. The van der Waals surface area contributed by atoms with Gasteiger partial charge in [0.25, 0.3) is 10.1 Å². The molecule has 2 N–H and O–H groups in total. The first-order valence-corrected chi connectivity index (χ1v) is 4.53. The fraction of sp³-hybridized carbons (Fsp3) is 0.600. The maximum atomic E-state index is 10.5. The van der Waals surface area contributed by atoms with Crippen LogP contribution < -0.4 is 0 Å². The molecule has 0 aromatic carbocycles. The minimum Gasteiger partial charge on any atom is -0.481 e. The van der Waals surface area contributed by atoms with Crippen molar-refractivity contribution in [3.63, 3.8) is 0 Å². The van der Waals surface area contributed by atoms with E-state index in [-0.39, 0.29) is 0 Å². The standard InChI is InChI=1S/C5H8O6S/c1-3(6)4(5(7)8)2-12(9,10)11/h4H,2H2,1H3,(H,7,8)(H,9,10,11). The Labute approximate surface area is 68.9 Å². The molecule has 12 heavy (non-hydrogen) atoms. The molecule has 0 radical (unpaired) electrons. The van der Waals surface area contributed by atoms with E-state index in [2.05, 4.69) is 0 Å². The van der Waals surface area contributed by atoms with Gasteiger partial charge in [-0.3, -0.25) is 14.1 Å². The second-order valence-corrected chi connectivity index (χ2v) is 3.75. The fourth-order valence-corrected chi connectivity index (χ4v) is 1.37. The highest BCUT2D eigenvalue weighted by Crippen LogP contribution is 2.02. The van der Waals surface area contributed by atoms with E-state index < -0.39 is 33.5 Å². The number of carbonyl (C=O) groups is 2. The number of carboxylic acids is 1. The summed E-state index contributed by atoms with van der Waals surface area (Å²) in [6.45, 7) is 0.948. The predicted molar refractivity (Wildman–Crippen MR) is 38.2 cm³/mol. The molecule has 0 aromatic heterocycles. The fourth-order valence-electron chi connectivity index (χ4n) is 0.573. The molecule has 0 spiro atoms. The Kier molecular flexibility index (Phi) is 3.35. The predicted octanol–water partition coefficient (Wildman–Crippen LogP) is -0.836. The van der Waals surface area contributed by atoms with Crippen molar-refractivity contribution in [2.45, 2.75) is 6.92 Å². The average molecular weight is 196 g/mol. The minimum atomic E-state index is -4.42. The Balaban J connectivity index is 4.58. The third-order valence-electron chi connectivity index (χ3n) is 1.17. The van der Waals surface area contributed by atoms with Crippen molar-refractivity contribution in [2.24, 2.45) is 5.92 Å². The van der Waals surface area contributed by atoms with Crippen LogP contribution in [0.2, 0.25) is 0 Å². The Bertz CT molecular complexity index is 275. The van der Waals surface area contributed by atoms with E-state index in [1.54, 1.807) is 0 Å². The number of rotatable bonds is 4. The van der Waals surface area contributed by atoms with Crippen molar-refractivity contribution < 1.29 is 27.7 Å². The molecule has 0 heterocycles. The normalized spacial score (nSPS) is 13.8. The number of carboxylic acid groups (broad SMARTS) is 1. The van der Waals surface area contributed by atoms with E-state index in [1.165, 1.54) is 0 Å². The van der Waals surface area contributed by atoms with Gasteiger partial charge in [0, 0.05) is 0 Å². The lowest BCUT2D eigenvalue weighted by molar-refractivity contribution is -0.144. The smallest absolute Gasteiger partial charge is 0.315 e.